The molecule has 0 saturated carbocycles. The van der Waals surface area contributed by atoms with Gasteiger partial charge in [0.25, 0.3) is 0 Å². The Bertz CT molecular complexity index is 427. The third kappa shape index (κ3) is 3.97. The Hall–Kier alpha value is -1.16. The van der Waals surface area contributed by atoms with Crippen LogP contribution in [0.2, 0.25) is 0 Å². The van der Waals surface area contributed by atoms with Crippen LogP contribution in [0.1, 0.15) is 42.1 Å². The van der Waals surface area contributed by atoms with Gasteiger partial charge in [-0.1, -0.05) is 25.8 Å². The molecular formula is C13H18O3S. The van der Waals surface area contributed by atoms with Gasteiger partial charge in [0.1, 0.15) is 0 Å². The van der Waals surface area contributed by atoms with Crippen LogP contribution in [0.3, 0.4) is 0 Å². The van der Waals surface area contributed by atoms with E-state index in [1.54, 1.807) is 19.1 Å². The van der Waals surface area contributed by atoms with Crippen molar-refractivity contribution in [1.82, 2.24) is 0 Å². The SMILES string of the molecule is CCCCCS(=O)c1ccc(C)c(C(=O)O)c1. The van der Waals surface area contributed by atoms with Crippen LogP contribution < -0.4 is 0 Å². The molecule has 94 valence electrons. The molecule has 0 radical (unpaired) electrons. The lowest BCUT2D eigenvalue weighted by atomic mass is 10.1. The molecule has 0 aliphatic rings. The molecule has 0 aliphatic heterocycles. The fourth-order valence-electron chi connectivity index (χ4n) is 1.57. The van der Waals surface area contributed by atoms with Gasteiger partial charge in [-0.3, -0.25) is 4.21 Å². The molecule has 0 spiro atoms. The Morgan fingerprint density at radius 3 is 2.65 bits per heavy atom. The van der Waals surface area contributed by atoms with Crippen LogP contribution in [0.25, 0.3) is 0 Å². The zero-order valence-corrected chi connectivity index (χ0v) is 11.0. The topological polar surface area (TPSA) is 54.4 Å². The highest BCUT2D eigenvalue weighted by Gasteiger charge is 2.11. The second-order valence-electron chi connectivity index (χ2n) is 4.04. The maximum atomic E-state index is 11.9. The van der Waals surface area contributed by atoms with Crippen molar-refractivity contribution in [1.29, 1.82) is 0 Å². The van der Waals surface area contributed by atoms with Gasteiger partial charge in [0.2, 0.25) is 0 Å². The zero-order chi connectivity index (χ0) is 12.8. The summed E-state index contributed by atoms with van der Waals surface area (Å²) >= 11 is 0. The molecule has 1 rings (SSSR count). The molecule has 1 aromatic rings. The van der Waals surface area contributed by atoms with Crippen molar-refractivity contribution in [2.75, 3.05) is 5.75 Å². The summed E-state index contributed by atoms with van der Waals surface area (Å²) in [6.07, 6.45) is 3.06. The summed E-state index contributed by atoms with van der Waals surface area (Å²) in [6.45, 7) is 3.84. The Balaban J connectivity index is 2.81. The summed E-state index contributed by atoms with van der Waals surface area (Å²) in [5.74, 6) is -0.356. The van der Waals surface area contributed by atoms with Crippen LogP contribution in [0.5, 0.6) is 0 Å². The molecule has 0 aliphatic carbocycles. The second-order valence-corrected chi connectivity index (χ2v) is 5.61. The first-order valence-electron chi connectivity index (χ1n) is 5.78. The predicted octanol–water partition coefficient (Wildman–Crippen LogP) is 2.99. The van der Waals surface area contributed by atoms with E-state index in [9.17, 15) is 9.00 Å². The predicted molar refractivity (Wildman–Crippen MR) is 68.9 cm³/mol. The van der Waals surface area contributed by atoms with Crippen molar-refractivity contribution >= 4 is 16.8 Å². The maximum absolute atomic E-state index is 11.9. The molecule has 1 aromatic carbocycles. The van der Waals surface area contributed by atoms with E-state index in [0.29, 0.717) is 16.2 Å². The van der Waals surface area contributed by atoms with Gasteiger partial charge in [-0.15, -0.1) is 0 Å². The molecule has 1 N–H and O–H groups in total. The minimum atomic E-state index is -1.08. The number of carbonyl (C=O) groups is 1. The van der Waals surface area contributed by atoms with E-state index >= 15 is 0 Å². The van der Waals surface area contributed by atoms with E-state index in [0.717, 1.165) is 19.3 Å². The normalized spacial score (nSPS) is 12.4. The lowest BCUT2D eigenvalue weighted by Crippen LogP contribution is -2.04. The standard InChI is InChI=1S/C13H18O3S/c1-3-4-5-8-17(16)11-7-6-10(2)12(9-11)13(14)15/h6-7,9H,3-5,8H2,1-2H3,(H,14,15). The van der Waals surface area contributed by atoms with Gasteiger partial charge >= 0.3 is 5.97 Å². The molecule has 0 saturated heterocycles. The maximum Gasteiger partial charge on any atom is 0.335 e. The van der Waals surface area contributed by atoms with E-state index in [4.69, 9.17) is 5.11 Å². The molecule has 0 amide bonds. The average molecular weight is 254 g/mol. The molecule has 0 aromatic heterocycles. The summed E-state index contributed by atoms with van der Waals surface area (Å²) in [6, 6.07) is 5.00. The molecule has 1 atom stereocenters. The van der Waals surface area contributed by atoms with E-state index in [-0.39, 0.29) is 5.56 Å². The highest BCUT2D eigenvalue weighted by atomic mass is 32.2. The largest absolute Gasteiger partial charge is 0.478 e. The lowest BCUT2D eigenvalue weighted by molar-refractivity contribution is 0.0696. The first-order valence-corrected chi connectivity index (χ1v) is 7.10. The highest BCUT2D eigenvalue weighted by molar-refractivity contribution is 7.85. The molecule has 0 heterocycles. The van der Waals surface area contributed by atoms with Crippen LogP contribution in [0, 0.1) is 6.92 Å². The van der Waals surface area contributed by atoms with Crippen molar-refractivity contribution in [2.24, 2.45) is 0 Å². The summed E-state index contributed by atoms with van der Waals surface area (Å²) in [4.78, 5) is 11.6. The summed E-state index contributed by atoms with van der Waals surface area (Å²) in [5, 5.41) is 8.99. The van der Waals surface area contributed by atoms with Gasteiger partial charge in [0.05, 0.1) is 16.4 Å². The molecule has 0 fully saturated rings. The molecule has 1 unspecified atom stereocenters. The van der Waals surface area contributed by atoms with Gasteiger partial charge in [0.15, 0.2) is 0 Å². The smallest absolute Gasteiger partial charge is 0.335 e. The number of carboxylic acids is 1. The van der Waals surface area contributed by atoms with Crippen LogP contribution in [0.15, 0.2) is 23.1 Å². The molecule has 17 heavy (non-hydrogen) atoms. The molecule has 3 nitrogen and oxygen atoms in total. The van der Waals surface area contributed by atoms with E-state index < -0.39 is 16.8 Å². The summed E-state index contributed by atoms with van der Waals surface area (Å²) in [7, 11) is -1.08. The second kappa shape index (κ2) is 6.55. The van der Waals surface area contributed by atoms with Crippen LogP contribution in [-0.2, 0) is 10.8 Å². The number of hydrogen-bond acceptors (Lipinski definition) is 2. The number of unbranched alkanes of at least 4 members (excludes halogenated alkanes) is 2. The Morgan fingerprint density at radius 2 is 2.06 bits per heavy atom. The fraction of sp³-hybridized carbons (Fsp3) is 0.462. The zero-order valence-electron chi connectivity index (χ0n) is 10.2. The van der Waals surface area contributed by atoms with Gasteiger partial charge in [-0.05, 0) is 31.0 Å². The quantitative estimate of drug-likeness (QED) is 0.794. The van der Waals surface area contributed by atoms with Gasteiger partial charge in [-0.2, -0.15) is 0 Å². The van der Waals surface area contributed by atoms with Crippen molar-refractivity contribution in [3.63, 3.8) is 0 Å². The molecule has 0 bridgehead atoms. The van der Waals surface area contributed by atoms with E-state index in [1.165, 1.54) is 6.07 Å². The van der Waals surface area contributed by atoms with Gasteiger partial charge in [-0.25, -0.2) is 4.79 Å². The molecule has 4 heteroatoms. The minimum absolute atomic E-state index is 0.242. The third-order valence-electron chi connectivity index (χ3n) is 2.64. The summed E-state index contributed by atoms with van der Waals surface area (Å²) < 4.78 is 11.9. The van der Waals surface area contributed by atoms with Crippen molar-refractivity contribution in [2.45, 2.75) is 38.0 Å². The van der Waals surface area contributed by atoms with Gasteiger partial charge in [0, 0.05) is 10.6 Å². The Labute approximate surface area is 104 Å². The van der Waals surface area contributed by atoms with Crippen LogP contribution >= 0.6 is 0 Å². The number of rotatable bonds is 6. The van der Waals surface area contributed by atoms with Crippen molar-refractivity contribution in [3.05, 3.63) is 29.3 Å². The third-order valence-corrected chi connectivity index (χ3v) is 4.07. The summed E-state index contributed by atoms with van der Waals surface area (Å²) in [5.41, 5.74) is 0.943. The fourth-order valence-corrected chi connectivity index (χ4v) is 2.75. The molecular weight excluding hydrogens is 236 g/mol. The minimum Gasteiger partial charge on any atom is -0.478 e. The van der Waals surface area contributed by atoms with E-state index in [1.807, 2.05) is 0 Å². The number of aromatic carboxylic acids is 1. The van der Waals surface area contributed by atoms with Crippen molar-refractivity contribution < 1.29 is 14.1 Å². The van der Waals surface area contributed by atoms with Crippen LogP contribution in [-0.4, -0.2) is 21.0 Å². The first-order chi connectivity index (χ1) is 8.06. The van der Waals surface area contributed by atoms with Gasteiger partial charge < -0.3 is 5.11 Å². The lowest BCUT2D eigenvalue weighted by Gasteiger charge is -2.05. The Kier molecular flexibility index (Phi) is 5.35. The average Bonchev–Trinajstić information content (AvgIpc) is 2.29. The monoisotopic (exact) mass is 254 g/mol. The van der Waals surface area contributed by atoms with Crippen LogP contribution in [0.4, 0.5) is 0 Å². The first kappa shape index (κ1) is 13.9. The highest BCUT2D eigenvalue weighted by Crippen LogP contribution is 2.15. The number of carboxylic acid groups (broad SMARTS) is 1. The Morgan fingerprint density at radius 1 is 1.35 bits per heavy atom. The number of hydrogen-bond donors (Lipinski definition) is 1. The number of aryl methyl sites for hydroxylation is 1. The number of benzene rings is 1. The van der Waals surface area contributed by atoms with Crippen molar-refractivity contribution in [3.8, 4) is 0 Å². The van der Waals surface area contributed by atoms with E-state index in [2.05, 4.69) is 6.92 Å².